The number of non-ortho nitro benzene ring substituents is 1. The van der Waals surface area contributed by atoms with E-state index in [4.69, 9.17) is 17.0 Å². The van der Waals surface area contributed by atoms with E-state index in [9.17, 15) is 10.1 Å². The number of benzene rings is 2. The Balaban J connectivity index is 0.000000184. The number of halogens is 1. The van der Waals surface area contributed by atoms with Gasteiger partial charge in [-0.05, 0) is 24.3 Å². The van der Waals surface area contributed by atoms with Crippen molar-refractivity contribution in [1.29, 1.82) is 0 Å². The largest absolute Gasteiger partial charge is 0.508 e. The summed E-state index contributed by atoms with van der Waals surface area (Å²) in [5.41, 5.74) is -0.0159. The molecular formula is C12H10ClNO4. The van der Waals surface area contributed by atoms with Crippen LogP contribution in [0.3, 0.4) is 0 Å². The van der Waals surface area contributed by atoms with Gasteiger partial charge < -0.3 is 9.40 Å². The van der Waals surface area contributed by atoms with Crippen LogP contribution in [-0.2, 0) is 0 Å². The minimum atomic E-state index is -0.514. The Morgan fingerprint density at radius 2 is 1.61 bits per heavy atom. The Hall–Kier alpha value is -2.27. The Bertz CT molecular complexity index is 487. The molecule has 2 aromatic rings. The van der Waals surface area contributed by atoms with E-state index in [0.29, 0.717) is 5.75 Å². The molecule has 0 aromatic heterocycles. The number of hydrogen-bond donors (Lipinski definition) is 1. The second-order valence-electron chi connectivity index (χ2n) is 3.16. The van der Waals surface area contributed by atoms with Crippen LogP contribution in [0, 0.1) is 10.1 Å². The van der Waals surface area contributed by atoms with Gasteiger partial charge in [-0.2, -0.15) is 0 Å². The van der Waals surface area contributed by atoms with Gasteiger partial charge in [0.05, 0.1) is 4.92 Å². The second-order valence-corrected chi connectivity index (χ2v) is 3.32. The Morgan fingerprint density at radius 1 is 1.06 bits per heavy atom. The summed E-state index contributed by atoms with van der Waals surface area (Å²) in [7, 11) is 0. The first-order valence-electron chi connectivity index (χ1n) is 4.90. The summed E-state index contributed by atoms with van der Waals surface area (Å²) in [5, 5.41) is 18.8. The maximum absolute atomic E-state index is 10.0. The van der Waals surface area contributed by atoms with Gasteiger partial charge >= 0.3 is 0 Å². The van der Waals surface area contributed by atoms with E-state index in [0.717, 1.165) is 0 Å². The molecule has 0 radical (unpaired) electrons. The number of para-hydroxylation sites is 1. The molecule has 0 atom stereocenters. The van der Waals surface area contributed by atoms with Crippen molar-refractivity contribution < 1.29 is 14.3 Å². The van der Waals surface area contributed by atoms with E-state index < -0.39 is 4.92 Å². The van der Waals surface area contributed by atoms with E-state index in [1.54, 1.807) is 12.1 Å². The Labute approximate surface area is 109 Å². The highest BCUT2D eigenvalue weighted by Gasteiger charge is 2.01. The summed E-state index contributed by atoms with van der Waals surface area (Å²) in [5.74, 6) is 0.708. The van der Waals surface area contributed by atoms with Crippen LogP contribution in [0.2, 0.25) is 0 Å². The number of rotatable bonds is 2. The van der Waals surface area contributed by atoms with E-state index >= 15 is 0 Å². The quantitative estimate of drug-likeness (QED) is 0.667. The summed E-state index contributed by atoms with van der Waals surface area (Å²) in [6.45, 7) is 0. The Kier molecular flexibility index (Phi) is 5.47. The minimum Gasteiger partial charge on any atom is -0.508 e. The first-order valence-corrected chi connectivity index (χ1v) is 5.21. The van der Waals surface area contributed by atoms with Crippen molar-refractivity contribution in [2.24, 2.45) is 0 Å². The van der Waals surface area contributed by atoms with Gasteiger partial charge in [-0.15, -0.1) is 0 Å². The van der Waals surface area contributed by atoms with E-state index in [1.807, 2.05) is 18.2 Å². The average molecular weight is 268 g/mol. The topological polar surface area (TPSA) is 72.6 Å². The molecule has 0 aliphatic heterocycles. The van der Waals surface area contributed by atoms with Crippen LogP contribution in [0.5, 0.6) is 11.5 Å². The molecule has 0 bridgehead atoms. The maximum atomic E-state index is 10.0. The van der Waals surface area contributed by atoms with Gasteiger partial charge in [0.1, 0.15) is 23.4 Å². The fourth-order valence-corrected chi connectivity index (χ4v) is 1.15. The highest BCUT2D eigenvalue weighted by molar-refractivity contribution is 6.09. The summed E-state index contributed by atoms with van der Waals surface area (Å²) in [6.07, 6.45) is 0. The summed E-state index contributed by atoms with van der Waals surface area (Å²) in [4.78, 5) is 9.52. The molecule has 0 aliphatic carbocycles. The lowest BCUT2D eigenvalue weighted by Crippen LogP contribution is -1.85. The van der Waals surface area contributed by atoms with Gasteiger partial charge in [0.15, 0.2) is 0 Å². The van der Waals surface area contributed by atoms with Crippen LogP contribution >= 0.6 is 11.9 Å². The lowest BCUT2D eigenvalue weighted by atomic mass is 10.3. The third-order valence-corrected chi connectivity index (χ3v) is 2.07. The van der Waals surface area contributed by atoms with Crippen molar-refractivity contribution in [3.8, 4) is 11.5 Å². The van der Waals surface area contributed by atoms with Crippen LogP contribution in [0.1, 0.15) is 0 Å². The highest BCUT2D eigenvalue weighted by Crippen LogP contribution is 2.15. The summed E-state index contributed by atoms with van der Waals surface area (Å²) in [6, 6.07) is 14.2. The van der Waals surface area contributed by atoms with Crippen molar-refractivity contribution in [2.75, 3.05) is 0 Å². The normalized spacial score (nSPS) is 8.94. The number of nitro benzene ring substituents is 1. The maximum Gasteiger partial charge on any atom is 0.269 e. The zero-order valence-electron chi connectivity index (χ0n) is 9.19. The molecule has 2 aromatic carbocycles. The molecule has 1 N–H and O–H groups in total. The Morgan fingerprint density at radius 3 is 2.00 bits per heavy atom. The molecule has 5 nitrogen and oxygen atoms in total. The number of nitro groups is 1. The number of hydrogen-bond acceptors (Lipinski definition) is 4. The van der Waals surface area contributed by atoms with Crippen LogP contribution in [0.4, 0.5) is 5.69 Å². The molecule has 2 rings (SSSR count). The van der Waals surface area contributed by atoms with Gasteiger partial charge in [0.25, 0.3) is 5.69 Å². The molecule has 0 fully saturated rings. The SMILES string of the molecule is ClOc1ccccc1.O=[N+]([O-])c1ccc(O)cc1. The molecule has 0 aliphatic rings. The minimum absolute atomic E-state index is 0.0159. The number of aromatic hydroxyl groups is 1. The number of nitrogens with zero attached hydrogens (tertiary/aromatic N) is 1. The second kappa shape index (κ2) is 7.13. The predicted molar refractivity (Wildman–Crippen MR) is 67.7 cm³/mol. The molecule has 0 unspecified atom stereocenters. The first-order chi connectivity index (χ1) is 8.63. The van der Waals surface area contributed by atoms with Crippen LogP contribution in [0.25, 0.3) is 0 Å². The molecule has 0 heterocycles. The number of phenols is 1. The van der Waals surface area contributed by atoms with Gasteiger partial charge in [0.2, 0.25) is 0 Å². The first kappa shape index (κ1) is 13.8. The third kappa shape index (κ3) is 4.71. The van der Waals surface area contributed by atoms with Crippen molar-refractivity contribution in [3.63, 3.8) is 0 Å². The van der Waals surface area contributed by atoms with E-state index in [1.165, 1.54) is 24.3 Å². The third-order valence-electron chi connectivity index (χ3n) is 1.89. The van der Waals surface area contributed by atoms with Crippen molar-refractivity contribution >= 4 is 17.6 Å². The summed E-state index contributed by atoms with van der Waals surface area (Å²) < 4.78 is 4.39. The van der Waals surface area contributed by atoms with Crippen molar-refractivity contribution in [1.82, 2.24) is 0 Å². The molecule has 0 amide bonds. The zero-order valence-corrected chi connectivity index (χ0v) is 9.95. The fourth-order valence-electron chi connectivity index (χ4n) is 1.05. The fraction of sp³-hybridized carbons (Fsp3) is 0. The molecule has 94 valence electrons. The molecule has 0 spiro atoms. The van der Waals surface area contributed by atoms with Crippen LogP contribution in [0.15, 0.2) is 54.6 Å². The lowest BCUT2D eigenvalue weighted by molar-refractivity contribution is -0.384. The van der Waals surface area contributed by atoms with Crippen LogP contribution < -0.4 is 4.29 Å². The van der Waals surface area contributed by atoms with Crippen molar-refractivity contribution in [2.45, 2.75) is 0 Å². The van der Waals surface area contributed by atoms with Crippen LogP contribution in [-0.4, -0.2) is 10.0 Å². The average Bonchev–Trinajstić information content (AvgIpc) is 2.41. The molecule has 18 heavy (non-hydrogen) atoms. The van der Waals surface area contributed by atoms with E-state index in [-0.39, 0.29) is 11.4 Å². The standard InChI is InChI=1S/C6H5ClO.C6H5NO3/c7-8-6-4-2-1-3-5-6;8-6-3-1-5(2-4-6)7(9)10/h1-5H;1-4,8H. The van der Waals surface area contributed by atoms with Gasteiger partial charge in [0, 0.05) is 12.1 Å². The van der Waals surface area contributed by atoms with Gasteiger partial charge in [-0.1, -0.05) is 18.2 Å². The van der Waals surface area contributed by atoms with E-state index in [2.05, 4.69) is 4.29 Å². The lowest BCUT2D eigenvalue weighted by Gasteiger charge is -1.89. The monoisotopic (exact) mass is 267 g/mol. The molecule has 0 saturated carbocycles. The molecular weight excluding hydrogens is 258 g/mol. The van der Waals surface area contributed by atoms with Crippen molar-refractivity contribution in [3.05, 3.63) is 64.7 Å². The molecule has 0 saturated heterocycles. The highest BCUT2D eigenvalue weighted by atomic mass is 35.5. The molecule has 6 heteroatoms. The van der Waals surface area contributed by atoms with Gasteiger partial charge in [-0.25, -0.2) is 0 Å². The predicted octanol–water partition coefficient (Wildman–Crippen LogP) is 3.52. The number of phenolic OH excluding ortho intramolecular Hbond substituents is 1. The smallest absolute Gasteiger partial charge is 0.269 e. The summed E-state index contributed by atoms with van der Waals surface area (Å²) >= 11 is 5.03. The van der Waals surface area contributed by atoms with Gasteiger partial charge in [-0.3, -0.25) is 10.1 Å². The zero-order chi connectivity index (χ0) is 13.4.